The van der Waals surface area contributed by atoms with E-state index in [4.69, 9.17) is 0 Å². The molecule has 6 heteroatoms. The fraction of sp³-hybridized carbons (Fsp3) is 0.462. The van der Waals surface area contributed by atoms with Crippen LogP contribution in [0.2, 0.25) is 0 Å². The van der Waals surface area contributed by atoms with Crippen molar-refractivity contribution in [3.8, 4) is 0 Å². The number of carbonyl (C=O) groups is 1. The Bertz CT molecular complexity index is 606. The lowest BCUT2D eigenvalue weighted by Gasteiger charge is -2.18. The minimum Gasteiger partial charge on any atom is -0.354 e. The molecule has 1 unspecified atom stereocenters. The molecule has 0 bridgehead atoms. The lowest BCUT2D eigenvalue weighted by Crippen LogP contribution is -2.32. The van der Waals surface area contributed by atoms with Crippen molar-refractivity contribution in [2.24, 2.45) is 5.92 Å². The van der Waals surface area contributed by atoms with E-state index in [1.807, 2.05) is 18.3 Å². The van der Waals surface area contributed by atoms with E-state index >= 15 is 0 Å². The van der Waals surface area contributed by atoms with E-state index in [0.29, 0.717) is 0 Å². The Morgan fingerprint density at radius 1 is 1.42 bits per heavy atom. The van der Waals surface area contributed by atoms with Gasteiger partial charge in [0.15, 0.2) is 5.65 Å². The third-order valence-corrected chi connectivity index (χ3v) is 3.54. The first-order valence-electron chi connectivity index (χ1n) is 6.41. The van der Waals surface area contributed by atoms with Crippen LogP contribution in [0.3, 0.4) is 0 Å². The maximum Gasteiger partial charge on any atom is 0.227 e. The first kappa shape index (κ1) is 12.0. The lowest BCUT2D eigenvalue weighted by molar-refractivity contribution is -0.132. The molecule has 0 aromatic carbocycles. The van der Waals surface area contributed by atoms with Crippen LogP contribution in [0.15, 0.2) is 24.5 Å². The standard InChI is InChI=1S/C13H17N5O/c1-16(2)13(19)10-5-7-17(9-10)12-4-3-11-14-6-8-18(11)15-12/h3-4,6,8,10H,5,7,9H2,1-2H3. The van der Waals surface area contributed by atoms with E-state index in [1.165, 1.54) is 0 Å². The number of anilines is 1. The van der Waals surface area contributed by atoms with Crippen molar-refractivity contribution in [1.29, 1.82) is 0 Å². The van der Waals surface area contributed by atoms with E-state index in [2.05, 4.69) is 15.0 Å². The Morgan fingerprint density at radius 3 is 3.05 bits per heavy atom. The van der Waals surface area contributed by atoms with Crippen LogP contribution in [0.4, 0.5) is 5.82 Å². The molecule has 0 N–H and O–H groups in total. The van der Waals surface area contributed by atoms with Gasteiger partial charge in [-0.1, -0.05) is 0 Å². The van der Waals surface area contributed by atoms with Crippen molar-refractivity contribution >= 4 is 17.4 Å². The van der Waals surface area contributed by atoms with Gasteiger partial charge in [-0.25, -0.2) is 9.50 Å². The van der Waals surface area contributed by atoms with Crippen molar-refractivity contribution in [2.75, 3.05) is 32.1 Å². The molecular formula is C13H17N5O. The van der Waals surface area contributed by atoms with Crippen molar-refractivity contribution in [2.45, 2.75) is 6.42 Å². The van der Waals surface area contributed by atoms with Crippen LogP contribution in [0, 0.1) is 5.92 Å². The molecule has 0 saturated carbocycles. The number of fused-ring (bicyclic) bond motifs is 1. The van der Waals surface area contributed by atoms with Gasteiger partial charge < -0.3 is 9.80 Å². The summed E-state index contributed by atoms with van der Waals surface area (Å²) < 4.78 is 1.76. The Labute approximate surface area is 111 Å². The number of amides is 1. The molecule has 0 spiro atoms. The Balaban J connectivity index is 1.78. The highest BCUT2D eigenvalue weighted by Crippen LogP contribution is 2.23. The molecule has 1 aliphatic heterocycles. The topological polar surface area (TPSA) is 53.7 Å². The van der Waals surface area contributed by atoms with Gasteiger partial charge in [0.05, 0.1) is 5.92 Å². The molecule has 0 radical (unpaired) electrons. The first-order chi connectivity index (χ1) is 9.15. The number of hydrogen-bond acceptors (Lipinski definition) is 4. The van der Waals surface area contributed by atoms with Gasteiger partial charge in [-0.15, -0.1) is 5.10 Å². The van der Waals surface area contributed by atoms with Crippen LogP contribution in [0.1, 0.15) is 6.42 Å². The number of rotatable bonds is 2. The molecular weight excluding hydrogens is 242 g/mol. The zero-order valence-corrected chi connectivity index (χ0v) is 11.2. The smallest absolute Gasteiger partial charge is 0.227 e. The molecule has 19 heavy (non-hydrogen) atoms. The van der Waals surface area contributed by atoms with E-state index < -0.39 is 0 Å². The van der Waals surface area contributed by atoms with Crippen LogP contribution in [0.5, 0.6) is 0 Å². The summed E-state index contributed by atoms with van der Waals surface area (Å²) in [4.78, 5) is 20.0. The summed E-state index contributed by atoms with van der Waals surface area (Å²) in [6, 6.07) is 3.91. The summed E-state index contributed by atoms with van der Waals surface area (Å²) in [5.74, 6) is 1.18. The highest BCUT2D eigenvalue weighted by molar-refractivity contribution is 5.79. The van der Waals surface area contributed by atoms with Gasteiger partial charge >= 0.3 is 0 Å². The summed E-state index contributed by atoms with van der Waals surface area (Å²) in [6.45, 7) is 1.61. The summed E-state index contributed by atoms with van der Waals surface area (Å²) in [7, 11) is 3.61. The van der Waals surface area contributed by atoms with E-state index in [9.17, 15) is 4.79 Å². The quantitative estimate of drug-likeness (QED) is 0.794. The fourth-order valence-corrected chi connectivity index (χ4v) is 2.51. The average molecular weight is 259 g/mol. The Hall–Kier alpha value is -2.11. The zero-order chi connectivity index (χ0) is 13.4. The lowest BCUT2D eigenvalue weighted by atomic mass is 10.1. The number of aromatic nitrogens is 3. The third-order valence-electron chi connectivity index (χ3n) is 3.54. The van der Waals surface area contributed by atoms with E-state index in [1.54, 1.807) is 29.7 Å². The minimum atomic E-state index is 0.0790. The third kappa shape index (κ3) is 2.14. The highest BCUT2D eigenvalue weighted by Gasteiger charge is 2.30. The van der Waals surface area contributed by atoms with Crippen LogP contribution >= 0.6 is 0 Å². The van der Waals surface area contributed by atoms with Crippen LogP contribution in [0.25, 0.3) is 5.65 Å². The largest absolute Gasteiger partial charge is 0.354 e. The zero-order valence-electron chi connectivity index (χ0n) is 11.2. The number of carbonyl (C=O) groups excluding carboxylic acids is 1. The molecule has 6 nitrogen and oxygen atoms in total. The predicted molar refractivity (Wildman–Crippen MR) is 72.0 cm³/mol. The highest BCUT2D eigenvalue weighted by atomic mass is 16.2. The van der Waals surface area contributed by atoms with E-state index in [-0.39, 0.29) is 11.8 Å². The van der Waals surface area contributed by atoms with Crippen molar-refractivity contribution in [3.05, 3.63) is 24.5 Å². The van der Waals surface area contributed by atoms with Gasteiger partial charge in [0.2, 0.25) is 5.91 Å². The maximum atomic E-state index is 12.0. The number of hydrogen-bond donors (Lipinski definition) is 0. The monoisotopic (exact) mass is 259 g/mol. The first-order valence-corrected chi connectivity index (χ1v) is 6.41. The molecule has 100 valence electrons. The second-order valence-electron chi connectivity index (χ2n) is 5.09. The molecule has 2 aromatic rings. The van der Waals surface area contributed by atoms with Crippen LogP contribution in [-0.2, 0) is 4.79 Å². The molecule has 0 aliphatic carbocycles. The molecule has 1 atom stereocenters. The summed E-state index contributed by atoms with van der Waals surface area (Å²) in [6.07, 6.45) is 4.45. The number of nitrogens with zero attached hydrogens (tertiary/aromatic N) is 5. The molecule has 1 amide bonds. The molecule has 1 fully saturated rings. The SMILES string of the molecule is CN(C)C(=O)C1CCN(c2ccc3nccn3n2)C1. The van der Waals surface area contributed by atoms with Crippen LogP contribution < -0.4 is 4.90 Å². The predicted octanol–water partition coefficient (Wildman–Crippen LogP) is 0.644. The van der Waals surface area contributed by atoms with Gasteiger partial charge in [0.25, 0.3) is 0 Å². The van der Waals surface area contributed by atoms with Gasteiger partial charge in [-0.3, -0.25) is 4.79 Å². The molecule has 1 aliphatic rings. The molecule has 2 aromatic heterocycles. The van der Waals surface area contributed by atoms with Gasteiger partial charge in [-0.05, 0) is 18.6 Å². The second-order valence-corrected chi connectivity index (χ2v) is 5.09. The molecule has 3 rings (SSSR count). The number of imidazole rings is 1. The Kier molecular flexibility index (Phi) is 2.85. The van der Waals surface area contributed by atoms with Crippen molar-refractivity contribution in [3.63, 3.8) is 0 Å². The van der Waals surface area contributed by atoms with Gasteiger partial charge in [0.1, 0.15) is 5.82 Å². The van der Waals surface area contributed by atoms with E-state index in [0.717, 1.165) is 31.0 Å². The normalized spacial score (nSPS) is 19.1. The van der Waals surface area contributed by atoms with Gasteiger partial charge in [0, 0.05) is 39.6 Å². The summed E-state index contributed by atoms with van der Waals surface area (Å²) in [5.41, 5.74) is 0.837. The van der Waals surface area contributed by atoms with Gasteiger partial charge in [-0.2, -0.15) is 0 Å². The average Bonchev–Trinajstić information content (AvgIpc) is 3.05. The summed E-state index contributed by atoms with van der Waals surface area (Å²) >= 11 is 0. The molecule has 1 saturated heterocycles. The second kappa shape index (κ2) is 4.53. The van der Waals surface area contributed by atoms with Crippen LogP contribution in [-0.4, -0.2) is 52.6 Å². The van der Waals surface area contributed by atoms with Crippen molar-refractivity contribution < 1.29 is 4.79 Å². The van der Waals surface area contributed by atoms with Crippen molar-refractivity contribution in [1.82, 2.24) is 19.5 Å². The maximum absolute atomic E-state index is 12.0. The molecule has 3 heterocycles. The minimum absolute atomic E-state index is 0.0790. The fourth-order valence-electron chi connectivity index (χ4n) is 2.51. The Morgan fingerprint density at radius 2 is 2.26 bits per heavy atom. The summed E-state index contributed by atoms with van der Waals surface area (Å²) in [5, 5.41) is 4.51.